The first kappa shape index (κ1) is 20.9. The number of amides is 1. The second-order valence-corrected chi connectivity index (χ2v) is 8.31. The predicted molar refractivity (Wildman–Crippen MR) is 112 cm³/mol. The van der Waals surface area contributed by atoms with Crippen molar-refractivity contribution in [2.45, 2.75) is 51.2 Å². The van der Waals surface area contributed by atoms with Crippen LogP contribution in [0.5, 0.6) is 5.75 Å². The van der Waals surface area contributed by atoms with Gasteiger partial charge in [-0.1, -0.05) is 12.8 Å². The lowest BCUT2D eigenvalue weighted by Gasteiger charge is -2.22. The van der Waals surface area contributed by atoms with Crippen LogP contribution in [0, 0.1) is 11.7 Å². The second kappa shape index (κ2) is 9.64. The number of hydrogen-bond acceptors (Lipinski definition) is 4. The predicted octanol–water partition coefficient (Wildman–Crippen LogP) is 2.19. The number of aliphatic imine (C=N–C) groups is 1. The van der Waals surface area contributed by atoms with Crippen molar-refractivity contribution in [3.05, 3.63) is 29.1 Å². The molecule has 2 N–H and O–H groups in total. The molecule has 1 atom stereocenters. The first-order valence-corrected chi connectivity index (χ1v) is 10.9. The molecule has 1 aromatic rings. The van der Waals surface area contributed by atoms with Crippen LogP contribution in [-0.2, 0) is 22.6 Å². The van der Waals surface area contributed by atoms with Crippen LogP contribution in [0.1, 0.15) is 43.2 Å². The van der Waals surface area contributed by atoms with E-state index in [1.807, 2.05) is 4.90 Å². The Morgan fingerprint density at radius 2 is 2.13 bits per heavy atom. The summed E-state index contributed by atoms with van der Waals surface area (Å²) in [6, 6.07) is 3.18. The van der Waals surface area contributed by atoms with E-state index < -0.39 is 0 Å². The molecule has 1 aliphatic carbocycles. The number of nitrogens with one attached hydrogen (secondary N) is 2. The maximum absolute atomic E-state index is 13.9. The molecule has 1 saturated heterocycles. The zero-order chi connectivity index (χ0) is 20.9. The number of guanidine groups is 1. The molecule has 2 aliphatic heterocycles. The maximum Gasteiger partial charge on any atom is 0.225 e. The molecule has 8 heteroatoms. The average Bonchev–Trinajstić information content (AvgIpc) is 3.45. The fourth-order valence-corrected chi connectivity index (χ4v) is 4.66. The van der Waals surface area contributed by atoms with Crippen LogP contribution in [0.3, 0.4) is 0 Å². The summed E-state index contributed by atoms with van der Waals surface area (Å²) in [7, 11) is 1.73. The van der Waals surface area contributed by atoms with E-state index in [1.165, 1.54) is 25.0 Å². The van der Waals surface area contributed by atoms with Gasteiger partial charge in [-0.2, -0.15) is 0 Å². The number of halogens is 1. The van der Waals surface area contributed by atoms with E-state index in [2.05, 4.69) is 15.6 Å². The normalized spacial score (nSPS) is 22.0. The Bertz CT molecular complexity index is 795. The van der Waals surface area contributed by atoms with Gasteiger partial charge in [0.2, 0.25) is 5.91 Å². The first-order chi connectivity index (χ1) is 14.6. The number of nitrogens with zero attached hydrogens (tertiary/aromatic N) is 2. The SMILES string of the molecule is CN=C(NCCc1cc(F)cc2c1OCOC2)NC1CCN(C(=O)C2CCCC2)C1. The fraction of sp³-hybridized carbons (Fsp3) is 0.636. The van der Waals surface area contributed by atoms with Gasteiger partial charge in [-0.15, -0.1) is 0 Å². The quantitative estimate of drug-likeness (QED) is 0.566. The van der Waals surface area contributed by atoms with Crippen molar-refractivity contribution in [2.75, 3.05) is 33.5 Å². The number of hydrogen-bond donors (Lipinski definition) is 2. The molecular weight excluding hydrogens is 387 g/mol. The summed E-state index contributed by atoms with van der Waals surface area (Å²) in [6.45, 7) is 2.69. The molecule has 7 nitrogen and oxygen atoms in total. The zero-order valence-corrected chi connectivity index (χ0v) is 17.6. The van der Waals surface area contributed by atoms with Crippen molar-refractivity contribution >= 4 is 11.9 Å². The number of rotatable bonds is 5. The third-order valence-electron chi connectivity index (χ3n) is 6.21. The highest BCUT2D eigenvalue weighted by Crippen LogP contribution is 2.30. The first-order valence-electron chi connectivity index (χ1n) is 10.9. The zero-order valence-electron chi connectivity index (χ0n) is 17.6. The Kier molecular flexibility index (Phi) is 6.72. The van der Waals surface area contributed by atoms with Crippen molar-refractivity contribution in [1.29, 1.82) is 0 Å². The molecule has 30 heavy (non-hydrogen) atoms. The minimum Gasteiger partial charge on any atom is -0.467 e. The topological polar surface area (TPSA) is 75.2 Å². The van der Waals surface area contributed by atoms with Crippen LogP contribution in [0.15, 0.2) is 17.1 Å². The minimum absolute atomic E-state index is 0.194. The van der Waals surface area contributed by atoms with Gasteiger partial charge in [0.15, 0.2) is 12.8 Å². The highest BCUT2D eigenvalue weighted by atomic mass is 19.1. The molecule has 3 aliphatic rings. The largest absolute Gasteiger partial charge is 0.467 e. The van der Waals surface area contributed by atoms with Crippen LogP contribution < -0.4 is 15.4 Å². The lowest BCUT2D eigenvalue weighted by atomic mass is 10.1. The van der Waals surface area contributed by atoms with Crippen molar-refractivity contribution in [2.24, 2.45) is 10.9 Å². The highest BCUT2D eigenvalue weighted by Gasteiger charge is 2.32. The van der Waals surface area contributed by atoms with Gasteiger partial charge in [0.05, 0.1) is 6.61 Å². The van der Waals surface area contributed by atoms with E-state index in [4.69, 9.17) is 9.47 Å². The van der Waals surface area contributed by atoms with Gasteiger partial charge in [0.1, 0.15) is 11.6 Å². The van der Waals surface area contributed by atoms with Crippen molar-refractivity contribution in [3.63, 3.8) is 0 Å². The lowest BCUT2D eigenvalue weighted by molar-refractivity contribution is -0.134. The average molecular weight is 419 g/mol. The standard InChI is InChI=1S/C22H31FN4O3/c1-24-22(26-19-7-9-27(12-19)21(28)15-4-2-3-5-15)25-8-6-16-10-18(23)11-17-13-29-14-30-20(16)17/h10-11,15,19H,2-9,12-14H2,1H3,(H2,24,25,26). The molecule has 2 heterocycles. The molecule has 0 bridgehead atoms. The maximum atomic E-state index is 13.9. The van der Waals surface area contributed by atoms with Gasteiger partial charge in [-0.3, -0.25) is 9.79 Å². The van der Waals surface area contributed by atoms with Crippen LogP contribution in [0.25, 0.3) is 0 Å². The molecule has 1 amide bonds. The minimum atomic E-state index is -0.279. The summed E-state index contributed by atoms with van der Waals surface area (Å²) in [4.78, 5) is 18.9. The van der Waals surface area contributed by atoms with Crippen molar-refractivity contribution in [1.82, 2.24) is 15.5 Å². The van der Waals surface area contributed by atoms with Gasteiger partial charge in [0.25, 0.3) is 0 Å². The summed E-state index contributed by atoms with van der Waals surface area (Å²) in [5.41, 5.74) is 1.57. The highest BCUT2D eigenvalue weighted by molar-refractivity contribution is 5.81. The lowest BCUT2D eigenvalue weighted by Crippen LogP contribution is -2.45. The van der Waals surface area contributed by atoms with E-state index in [-0.39, 0.29) is 24.6 Å². The molecule has 1 aromatic carbocycles. The van der Waals surface area contributed by atoms with E-state index in [0.29, 0.717) is 31.4 Å². The van der Waals surface area contributed by atoms with Crippen LogP contribution in [-0.4, -0.2) is 56.3 Å². The van der Waals surface area contributed by atoms with Gasteiger partial charge in [-0.25, -0.2) is 4.39 Å². The van der Waals surface area contributed by atoms with Gasteiger partial charge in [-0.05, 0) is 43.4 Å². The van der Waals surface area contributed by atoms with Crippen molar-refractivity contribution in [3.8, 4) is 5.75 Å². The number of likely N-dealkylation sites (tertiary alicyclic amines) is 1. The Labute approximate surface area is 177 Å². The van der Waals surface area contributed by atoms with Gasteiger partial charge < -0.3 is 25.0 Å². The third-order valence-corrected chi connectivity index (χ3v) is 6.21. The smallest absolute Gasteiger partial charge is 0.225 e. The van der Waals surface area contributed by atoms with Gasteiger partial charge in [0, 0.05) is 44.2 Å². The third kappa shape index (κ3) is 4.86. The molecule has 0 spiro atoms. The molecule has 2 fully saturated rings. The summed E-state index contributed by atoms with van der Waals surface area (Å²) in [6.07, 6.45) is 5.96. The Hall–Kier alpha value is -2.35. The number of fused-ring (bicyclic) bond motifs is 1. The molecular formula is C22H31FN4O3. The molecule has 1 saturated carbocycles. The summed E-state index contributed by atoms with van der Waals surface area (Å²) >= 11 is 0. The molecule has 4 rings (SSSR count). The fourth-order valence-electron chi connectivity index (χ4n) is 4.66. The van der Waals surface area contributed by atoms with E-state index in [0.717, 1.165) is 49.2 Å². The number of ether oxygens (including phenoxy) is 2. The monoisotopic (exact) mass is 418 g/mol. The number of carbonyl (C=O) groups excluding carboxylic acids is 1. The Balaban J connectivity index is 1.26. The van der Waals surface area contributed by atoms with E-state index in [9.17, 15) is 9.18 Å². The summed E-state index contributed by atoms with van der Waals surface area (Å²) in [5.74, 6) is 1.69. The van der Waals surface area contributed by atoms with E-state index >= 15 is 0 Å². The Morgan fingerprint density at radius 1 is 1.30 bits per heavy atom. The van der Waals surface area contributed by atoms with E-state index in [1.54, 1.807) is 7.05 Å². The molecule has 164 valence electrons. The van der Waals surface area contributed by atoms with Crippen LogP contribution in [0.4, 0.5) is 4.39 Å². The number of benzene rings is 1. The van der Waals surface area contributed by atoms with Crippen LogP contribution >= 0.6 is 0 Å². The molecule has 0 aromatic heterocycles. The second-order valence-electron chi connectivity index (χ2n) is 8.31. The summed E-state index contributed by atoms with van der Waals surface area (Å²) in [5, 5.41) is 6.72. The molecule has 1 unspecified atom stereocenters. The Morgan fingerprint density at radius 3 is 2.93 bits per heavy atom. The molecule has 0 radical (unpaired) electrons. The van der Waals surface area contributed by atoms with Crippen LogP contribution in [0.2, 0.25) is 0 Å². The summed E-state index contributed by atoms with van der Waals surface area (Å²) < 4.78 is 24.7. The van der Waals surface area contributed by atoms with Crippen molar-refractivity contribution < 1.29 is 18.7 Å². The van der Waals surface area contributed by atoms with Gasteiger partial charge >= 0.3 is 0 Å². The number of carbonyl (C=O) groups is 1.